The van der Waals surface area contributed by atoms with E-state index in [1.165, 1.54) is 12.0 Å². The van der Waals surface area contributed by atoms with Crippen LogP contribution in [0.15, 0.2) is 66.7 Å². The maximum atomic E-state index is 13.0. The van der Waals surface area contributed by atoms with Crippen molar-refractivity contribution in [3.63, 3.8) is 0 Å². The molecule has 9 heteroatoms. The van der Waals surface area contributed by atoms with Crippen LogP contribution in [-0.4, -0.2) is 42.5 Å². The number of fused-ring (bicyclic) bond motifs is 1. The molecule has 0 saturated heterocycles. The van der Waals surface area contributed by atoms with Gasteiger partial charge in [-0.1, -0.05) is 54.6 Å². The van der Waals surface area contributed by atoms with Gasteiger partial charge in [0, 0.05) is 32.0 Å². The van der Waals surface area contributed by atoms with E-state index >= 15 is 0 Å². The van der Waals surface area contributed by atoms with Gasteiger partial charge in [-0.05, 0) is 64.3 Å². The number of rotatable bonds is 8. The summed E-state index contributed by atoms with van der Waals surface area (Å²) in [5.41, 5.74) is 5.77. The first-order chi connectivity index (χ1) is 19.6. The van der Waals surface area contributed by atoms with Gasteiger partial charge in [0.15, 0.2) is 0 Å². The van der Waals surface area contributed by atoms with E-state index in [1.54, 1.807) is 18.2 Å². The molecule has 3 aromatic carbocycles. The molecule has 0 radical (unpaired) electrons. The predicted octanol–water partition coefficient (Wildman–Crippen LogP) is 5.79. The minimum atomic E-state index is -4.41. The smallest absolute Gasteiger partial charge is 0.389 e. The van der Waals surface area contributed by atoms with Crippen molar-refractivity contribution in [2.45, 2.75) is 50.9 Å². The maximum absolute atomic E-state index is 13.0. The van der Waals surface area contributed by atoms with Crippen molar-refractivity contribution in [2.75, 3.05) is 13.7 Å². The molecule has 2 aliphatic rings. The third kappa shape index (κ3) is 6.61. The summed E-state index contributed by atoms with van der Waals surface area (Å²) in [6, 6.07) is 20.7. The second-order valence-electron chi connectivity index (χ2n) is 10.6. The molecule has 0 aromatic heterocycles. The van der Waals surface area contributed by atoms with Crippen molar-refractivity contribution in [1.82, 2.24) is 10.2 Å². The highest BCUT2D eigenvalue weighted by Crippen LogP contribution is 2.47. The molecule has 1 fully saturated rings. The quantitative estimate of drug-likeness (QED) is 0.352. The highest BCUT2D eigenvalue weighted by Gasteiger charge is 2.43. The zero-order valence-corrected chi connectivity index (χ0v) is 22.7. The van der Waals surface area contributed by atoms with Crippen molar-refractivity contribution in [3.05, 3.63) is 94.5 Å². The summed E-state index contributed by atoms with van der Waals surface area (Å²) in [7, 11) is 1.31. The van der Waals surface area contributed by atoms with E-state index in [0.29, 0.717) is 12.0 Å². The summed E-state index contributed by atoms with van der Waals surface area (Å²) in [6.07, 6.45) is -4.95. The van der Waals surface area contributed by atoms with Crippen LogP contribution in [0.2, 0.25) is 0 Å². The molecule has 3 aromatic rings. The molecule has 1 aliphatic carbocycles. The highest BCUT2D eigenvalue weighted by atomic mass is 19.4. The molecule has 2 atom stereocenters. The molecule has 6 nitrogen and oxygen atoms in total. The van der Waals surface area contributed by atoms with E-state index in [0.717, 1.165) is 39.8 Å². The molecule has 1 aliphatic heterocycles. The van der Waals surface area contributed by atoms with Gasteiger partial charge in [0.25, 0.3) is 0 Å². The summed E-state index contributed by atoms with van der Waals surface area (Å²) in [5.74, 6) is -0.971. The van der Waals surface area contributed by atoms with Crippen molar-refractivity contribution in [2.24, 2.45) is 5.92 Å². The van der Waals surface area contributed by atoms with Crippen LogP contribution < -0.4 is 5.32 Å². The lowest BCUT2D eigenvalue weighted by molar-refractivity contribution is -0.149. The van der Waals surface area contributed by atoms with Gasteiger partial charge in [-0.3, -0.25) is 9.59 Å². The normalized spacial score (nSPS) is 17.9. The molecule has 5 rings (SSSR count). The third-order valence-corrected chi connectivity index (χ3v) is 7.89. The summed E-state index contributed by atoms with van der Waals surface area (Å²) in [6.45, 7) is 0.675. The number of carbonyl (C=O) groups is 3. The minimum Gasteiger partial charge on any atom is -0.465 e. The largest absolute Gasteiger partial charge is 0.465 e. The van der Waals surface area contributed by atoms with Crippen LogP contribution in [0.5, 0.6) is 0 Å². The van der Waals surface area contributed by atoms with Crippen LogP contribution in [0.25, 0.3) is 11.1 Å². The highest BCUT2D eigenvalue weighted by molar-refractivity contribution is 5.91. The fourth-order valence-corrected chi connectivity index (χ4v) is 5.59. The molecule has 1 heterocycles. The van der Waals surface area contributed by atoms with Crippen LogP contribution in [-0.2, 0) is 33.8 Å². The number of alkyl halides is 3. The molecule has 0 unspecified atom stereocenters. The predicted molar refractivity (Wildman–Crippen MR) is 147 cm³/mol. The van der Waals surface area contributed by atoms with Crippen molar-refractivity contribution in [1.29, 1.82) is 0 Å². The number of hydrogen-bond acceptors (Lipinski definition) is 4. The minimum absolute atomic E-state index is 0.0450. The van der Waals surface area contributed by atoms with E-state index in [4.69, 9.17) is 4.74 Å². The lowest BCUT2D eigenvalue weighted by Gasteiger charge is -2.32. The standard InChI is InChI=1S/C32H31F3N2O4/c1-41-31(40)22-9-5-8-21(16-22)24-11-10-23(18-36-30(39)27-17-26(27)20-6-3-2-4-7-20)28-19-37(15-13-25(24)28)29(38)12-14-32(33,34)35/h2-11,16,26-27H,12-15,17-19H2,1H3,(H,36,39)/t26-,27-/m0/s1. The van der Waals surface area contributed by atoms with Gasteiger partial charge in [-0.15, -0.1) is 0 Å². The van der Waals surface area contributed by atoms with Gasteiger partial charge >= 0.3 is 12.1 Å². The number of carbonyl (C=O) groups excluding carboxylic acids is 3. The maximum Gasteiger partial charge on any atom is 0.389 e. The summed E-state index contributed by atoms with van der Waals surface area (Å²) < 4.78 is 43.2. The number of hydrogen-bond donors (Lipinski definition) is 1. The van der Waals surface area contributed by atoms with Crippen LogP contribution in [0.4, 0.5) is 13.2 Å². The second-order valence-corrected chi connectivity index (χ2v) is 10.6. The zero-order valence-electron chi connectivity index (χ0n) is 22.7. The Balaban J connectivity index is 1.39. The molecule has 1 saturated carbocycles. The average Bonchev–Trinajstić information content (AvgIpc) is 3.79. The van der Waals surface area contributed by atoms with Gasteiger partial charge in [0.05, 0.1) is 19.1 Å². The SMILES string of the molecule is COC(=O)c1cccc(-c2ccc(CNC(=O)[C@H]3C[C@H]3c3ccccc3)c3c2CCN(C(=O)CCC(F)(F)F)C3)c1. The van der Waals surface area contributed by atoms with Gasteiger partial charge in [-0.2, -0.15) is 13.2 Å². The average molecular weight is 565 g/mol. The van der Waals surface area contributed by atoms with E-state index in [9.17, 15) is 27.6 Å². The number of halogens is 3. The second kappa shape index (κ2) is 11.8. The molecular weight excluding hydrogens is 533 g/mol. The van der Waals surface area contributed by atoms with Gasteiger partial charge in [-0.25, -0.2) is 4.79 Å². The van der Waals surface area contributed by atoms with Crippen LogP contribution in [0, 0.1) is 5.92 Å². The Morgan fingerprint density at radius 2 is 1.78 bits per heavy atom. The number of nitrogens with one attached hydrogen (secondary N) is 1. The molecule has 214 valence electrons. The first kappa shape index (κ1) is 28.4. The Hall–Kier alpha value is -4.14. The van der Waals surface area contributed by atoms with E-state index < -0.39 is 30.9 Å². The van der Waals surface area contributed by atoms with Gasteiger partial charge in [0.2, 0.25) is 11.8 Å². The monoisotopic (exact) mass is 564 g/mol. The zero-order chi connectivity index (χ0) is 29.1. The van der Waals surface area contributed by atoms with Gasteiger partial charge in [0.1, 0.15) is 0 Å². The number of ether oxygens (including phenoxy) is 1. The summed E-state index contributed by atoms with van der Waals surface area (Å²) in [5, 5.41) is 3.04. The number of esters is 1. The van der Waals surface area contributed by atoms with Crippen LogP contribution >= 0.6 is 0 Å². The summed E-state index contributed by atoms with van der Waals surface area (Å²) >= 11 is 0. The fraction of sp³-hybridized carbons (Fsp3) is 0.344. The molecule has 41 heavy (non-hydrogen) atoms. The molecule has 2 amide bonds. The third-order valence-electron chi connectivity index (χ3n) is 7.89. The Labute approximate surface area is 236 Å². The number of benzene rings is 3. The van der Waals surface area contributed by atoms with E-state index in [1.807, 2.05) is 48.5 Å². The van der Waals surface area contributed by atoms with Crippen molar-refractivity contribution in [3.8, 4) is 11.1 Å². The van der Waals surface area contributed by atoms with Gasteiger partial charge < -0.3 is 15.0 Å². The lowest BCUT2D eigenvalue weighted by atomic mass is 9.87. The topological polar surface area (TPSA) is 75.7 Å². The molecule has 0 spiro atoms. The number of nitrogens with zero attached hydrogens (tertiary/aromatic N) is 1. The van der Waals surface area contributed by atoms with Crippen LogP contribution in [0.3, 0.4) is 0 Å². The Bertz CT molecular complexity index is 1460. The first-order valence-corrected chi connectivity index (χ1v) is 13.6. The van der Waals surface area contributed by atoms with Crippen molar-refractivity contribution >= 4 is 17.8 Å². The van der Waals surface area contributed by atoms with E-state index in [2.05, 4.69) is 5.32 Å². The lowest BCUT2D eigenvalue weighted by Crippen LogP contribution is -2.37. The molecule has 0 bridgehead atoms. The number of methoxy groups -OCH3 is 1. The Kier molecular flexibility index (Phi) is 8.15. The molecule has 1 N–H and O–H groups in total. The Morgan fingerprint density at radius 3 is 2.51 bits per heavy atom. The first-order valence-electron chi connectivity index (χ1n) is 13.6. The van der Waals surface area contributed by atoms with Crippen molar-refractivity contribution < 1.29 is 32.3 Å². The van der Waals surface area contributed by atoms with E-state index in [-0.39, 0.29) is 37.4 Å². The van der Waals surface area contributed by atoms with Crippen LogP contribution in [0.1, 0.15) is 57.8 Å². The number of amides is 2. The Morgan fingerprint density at radius 1 is 1.00 bits per heavy atom. The molecular formula is C32H31F3N2O4. The fourth-order valence-electron chi connectivity index (χ4n) is 5.59. The summed E-state index contributed by atoms with van der Waals surface area (Å²) in [4.78, 5) is 39.3.